The lowest BCUT2D eigenvalue weighted by Crippen LogP contribution is -2.26. The minimum Gasteiger partial charge on any atom is -0.366 e. The van der Waals surface area contributed by atoms with Gasteiger partial charge in [-0.3, -0.25) is 9.88 Å². The maximum Gasteiger partial charge on any atom is 0.163 e. The SMILES string of the molecule is Clc1ccc(-c2cc(NC3CCN(Cc4ccccc4)C3)nc(-c3cccnc3)n2)cc1. The second kappa shape index (κ2) is 9.47. The van der Waals surface area contributed by atoms with Crippen molar-refractivity contribution in [2.24, 2.45) is 0 Å². The summed E-state index contributed by atoms with van der Waals surface area (Å²) in [5, 5.41) is 4.36. The van der Waals surface area contributed by atoms with E-state index in [2.05, 4.69) is 45.5 Å². The van der Waals surface area contributed by atoms with E-state index in [-0.39, 0.29) is 0 Å². The van der Waals surface area contributed by atoms with Crippen molar-refractivity contribution in [1.29, 1.82) is 0 Å². The summed E-state index contributed by atoms with van der Waals surface area (Å²) in [5.74, 6) is 1.49. The molecule has 1 N–H and O–H groups in total. The van der Waals surface area contributed by atoms with Crippen molar-refractivity contribution in [3.05, 3.63) is 95.8 Å². The van der Waals surface area contributed by atoms with Gasteiger partial charge in [0.25, 0.3) is 0 Å². The number of hydrogen-bond donors (Lipinski definition) is 1. The highest BCUT2D eigenvalue weighted by Gasteiger charge is 2.23. The number of nitrogens with zero attached hydrogens (tertiary/aromatic N) is 4. The predicted octanol–water partition coefficient (Wildman–Crippen LogP) is 5.55. The van der Waals surface area contributed by atoms with Gasteiger partial charge < -0.3 is 5.32 Å². The molecule has 1 unspecified atom stereocenters. The van der Waals surface area contributed by atoms with E-state index in [9.17, 15) is 0 Å². The molecule has 1 fully saturated rings. The highest BCUT2D eigenvalue weighted by atomic mass is 35.5. The minimum atomic E-state index is 0.341. The second-order valence-electron chi connectivity index (χ2n) is 8.06. The van der Waals surface area contributed by atoms with Crippen LogP contribution in [0.1, 0.15) is 12.0 Å². The Labute approximate surface area is 193 Å². The normalized spacial score (nSPS) is 16.2. The van der Waals surface area contributed by atoms with Crippen molar-refractivity contribution in [3.8, 4) is 22.6 Å². The van der Waals surface area contributed by atoms with Crippen LogP contribution < -0.4 is 5.32 Å². The molecule has 1 atom stereocenters. The number of hydrogen-bond acceptors (Lipinski definition) is 5. The molecular formula is C26H24ClN5. The Bertz CT molecular complexity index is 1170. The molecule has 160 valence electrons. The number of rotatable bonds is 6. The molecule has 32 heavy (non-hydrogen) atoms. The second-order valence-corrected chi connectivity index (χ2v) is 8.50. The van der Waals surface area contributed by atoms with Gasteiger partial charge >= 0.3 is 0 Å². The fourth-order valence-corrected chi connectivity index (χ4v) is 4.18. The van der Waals surface area contributed by atoms with Gasteiger partial charge in [-0.2, -0.15) is 0 Å². The third-order valence-corrected chi connectivity index (χ3v) is 5.91. The molecule has 2 aromatic heterocycles. The van der Waals surface area contributed by atoms with Gasteiger partial charge in [-0.05, 0) is 36.2 Å². The number of anilines is 1. The Hall–Kier alpha value is -3.28. The van der Waals surface area contributed by atoms with Crippen molar-refractivity contribution in [2.75, 3.05) is 18.4 Å². The summed E-state index contributed by atoms with van der Waals surface area (Å²) in [6, 6.07) is 24.6. The van der Waals surface area contributed by atoms with Gasteiger partial charge in [-0.15, -0.1) is 0 Å². The van der Waals surface area contributed by atoms with E-state index in [1.54, 1.807) is 12.4 Å². The molecule has 0 bridgehead atoms. The molecule has 2 aromatic carbocycles. The Balaban J connectivity index is 1.38. The van der Waals surface area contributed by atoms with Crippen LogP contribution in [0.2, 0.25) is 5.02 Å². The van der Waals surface area contributed by atoms with Crippen LogP contribution in [0.3, 0.4) is 0 Å². The molecule has 0 radical (unpaired) electrons. The number of aromatic nitrogens is 3. The van der Waals surface area contributed by atoms with Crippen LogP contribution in [0.4, 0.5) is 5.82 Å². The van der Waals surface area contributed by atoms with Gasteiger partial charge in [0.2, 0.25) is 0 Å². The van der Waals surface area contributed by atoms with Crippen LogP contribution >= 0.6 is 11.6 Å². The average molecular weight is 442 g/mol. The van der Waals surface area contributed by atoms with Gasteiger partial charge in [-0.1, -0.05) is 54.1 Å². The molecule has 0 amide bonds. The van der Waals surface area contributed by atoms with Crippen molar-refractivity contribution in [1.82, 2.24) is 19.9 Å². The first-order valence-corrected chi connectivity index (χ1v) is 11.2. The fourth-order valence-electron chi connectivity index (χ4n) is 4.06. The van der Waals surface area contributed by atoms with Crippen LogP contribution in [-0.2, 0) is 6.54 Å². The first kappa shape index (κ1) is 20.6. The van der Waals surface area contributed by atoms with Crippen molar-refractivity contribution < 1.29 is 0 Å². The number of halogens is 1. The monoisotopic (exact) mass is 441 g/mol. The molecule has 1 aliphatic heterocycles. The van der Waals surface area contributed by atoms with Crippen molar-refractivity contribution in [3.63, 3.8) is 0 Å². The molecule has 4 aromatic rings. The summed E-state index contributed by atoms with van der Waals surface area (Å²) in [4.78, 5) is 16.3. The molecule has 3 heterocycles. The summed E-state index contributed by atoms with van der Waals surface area (Å²) in [6.45, 7) is 3.02. The van der Waals surface area contributed by atoms with Gasteiger partial charge in [0.1, 0.15) is 5.82 Å². The van der Waals surface area contributed by atoms with Crippen LogP contribution in [-0.4, -0.2) is 39.0 Å². The van der Waals surface area contributed by atoms with Crippen molar-refractivity contribution >= 4 is 17.4 Å². The summed E-state index contributed by atoms with van der Waals surface area (Å²) in [7, 11) is 0. The lowest BCUT2D eigenvalue weighted by Gasteiger charge is -2.18. The molecule has 0 spiro atoms. The lowest BCUT2D eigenvalue weighted by atomic mass is 10.1. The van der Waals surface area contributed by atoms with Gasteiger partial charge in [0.15, 0.2) is 5.82 Å². The molecular weight excluding hydrogens is 418 g/mol. The van der Waals surface area contributed by atoms with Crippen molar-refractivity contribution in [2.45, 2.75) is 19.0 Å². The highest BCUT2D eigenvalue weighted by molar-refractivity contribution is 6.30. The Morgan fingerprint density at radius 2 is 1.78 bits per heavy atom. The Kier molecular flexibility index (Phi) is 6.10. The van der Waals surface area contributed by atoms with Gasteiger partial charge in [0.05, 0.1) is 5.69 Å². The molecule has 5 nitrogen and oxygen atoms in total. The smallest absolute Gasteiger partial charge is 0.163 e. The molecule has 5 rings (SSSR count). The van der Waals surface area contributed by atoms with Gasteiger partial charge in [0, 0.05) is 60.3 Å². The maximum atomic E-state index is 6.08. The maximum absolute atomic E-state index is 6.08. The summed E-state index contributed by atoms with van der Waals surface area (Å²) >= 11 is 6.08. The standard InChI is InChI=1S/C26H24ClN5/c27-22-10-8-20(9-11-22)24-15-25(31-26(30-24)21-7-4-13-28-16-21)29-23-12-14-32(18-23)17-19-5-2-1-3-6-19/h1-11,13,15-16,23H,12,14,17-18H2,(H,29,30,31). The number of benzene rings is 2. The third-order valence-electron chi connectivity index (χ3n) is 5.66. The first-order valence-electron chi connectivity index (χ1n) is 10.8. The van der Waals surface area contributed by atoms with E-state index >= 15 is 0 Å². The zero-order valence-corrected chi connectivity index (χ0v) is 18.4. The minimum absolute atomic E-state index is 0.341. The van der Waals surface area contributed by atoms with Crippen LogP contribution in [0, 0.1) is 0 Å². The van der Waals surface area contributed by atoms with E-state index in [1.807, 2.05) is 42.5 Å². The van der Waals surface area contributed by atoms with E-state index in [0.29, 0.717) is 16.9 Å². The quantitative estimate of drug-likeness (QED) is 0.425. The average Bonchev–Trinajstić information content (AvgIpc) is 3.27. The third kappa shape index (κ3) is 4.96. The number of nitrogens with one attached hydrogen (secondary N) is 1. The highest BCUT2D eigenvalue weighted by Crippen LogP contribution is 2.26. The molecule has 1 saturated heterocycles. The van der Waals surface area contributed by atoms with E-state index in [4.69, 9.17) is 21.6 Å². The number of likely N-dealkylation sites (tertiary alicyclic amines) is 1. The first-order chi connectivity index (χ1) is 15.7. The van der Waals surface area contributed by atoms with Crippen LogP contribution in [0.25, 0.3) is 22.6 Å². The Morgan fingerprint density at radius 3 is 2.56 bits per heavy atom. The van der Waals surface area contributed by atoms with E-state index < -0.39 is 0 Å². The fraction of sp³-hybridized carbons (Fsp3) is 0.192. The molecule has 0 aliphatic carbocycles. The van der Waals surface area contributed by atoms with Crippen LogP contribution in [0.5, 0.6) is 0 Å². The topological polar surface area (TPSA) is 53.9 Å². The van der Waals surface area contributed by atoms with E-state index in [0.717, 1.165) is 48.7 Å². The number of pyridine rings is 1. The van der Waals surface area contributed by atoms with E-state index in [1.165, 1.54) is 5.56 Å². The molecule has 6 heteroatoms. The van der Waals surface area contributed by atoms with Crippen LogP contribution in [0.15, 0.2) is 85.2 Å². The zero-order valence-electron chi connectivity index (χ0n) is 17.7. The summed E-state index contributed by atoms with van der Waals surface area (Å²) in [6.07, 6.45) is 4.63. The summed E-state index contributed by atoms with van der Waals surface area (Å²) in [5.41, 5.74) is 4.10. The molecule has 0 saturated carbocycles. The Morgan fingerprint density at radius 1 is 0.938 bits per heavy atom. The largest absolute Gasteiger partial charge is 0.366 e. The van der Waals surface area contributed by atoms with Gasteiger partial charge in [-0.25, -0.2) is 9.97 Å². The lowest BCUT2D eigenvalue weighted by molar-refractivity contribution is 0.328. The summed E-state index contributed by atoms with van der Waals surface area (Å²) < 4.78 is 0. The molecule has 1 aliphatic rings. The zero-order chi connectivity index (χ0) is 21.8. The predicted molar refractivity (Wildman–Crippen MR) is 129 cm³/mol.